The van der Waals surface area contributed by atoms with Crippen molar-refractivity contribution in [1.29, 1.82) is 0 Å². The molecule has 9 heteroatoms. The first-order valence-electron chi connectivity index (χ1n) is 9.72. The van der Waals surface area contributed by atoms with Gasteiger partial charge < -0.3 is 19.8 Å². The number of carbonyl (C=O) groups excluding carboxylic acids is 1. The number of methoxy groups -OCH3 is 1. The van der Waals surface area contributed by atoms with E-state index in [1.807, 2.05) is 13.0 Å². The zero-order valence-corrected chi connectivity index (χ0v) is 17.5. The summed E-state index contributed by atoms with van der Waals surface area (Å²) in [6.45, 7) is 3.74. The van der Waals surface area contributed by atoms with E-state index in [4.69, 9.17) is 9.47 Å². The van der Waals surface area contributed by atoms with Crippen molar-refractivity contribution in [3.05, 3.63) is 41.7 Å². The van der Waals surface area contributed by atoms with Gasteiger partial charge in [0.15, 0.2) is 11.5 Å². The van der Waals surface area contributed by atoms with Crippen LogP contribution in [0.5, 0.6) is 11.5 Å². The molecule has 1 amide bonds. The molecular weight excluding hydrogens is 394 g/mol. The number of nitrogens with one attached hydrogen (secondary N) is 2. The number of aromatic amines is 1. The van der Waals surface area contributed by atoms with Gasteiger partial charge in [0.1, 0.15) is 10.6 Å². The van der Waals surface area contributed by atoms with Crippen LogP contribution in [-0.2, 0) is 16.6 Å². The van der Waals surface area contributed by atoms with Gasteiger partial charge in [0.25, 0.3) is 5.91 Å². The Bertz CT molecular complexity index is 949. The predicted octanol–water partition coefficient (Wildman–Crippen LogP) is 2.53. The minimum absolute atomic E-state index is 0.118. The van der Waals surface area contributed by atoms with Crippen molar-refractivity contribution in [2.75, 3.05) is 26.8 Å². The summed E-state index contributed by atoms with van der Waals surface area (Å²) >= 11 is 0. The van der Waals surface area contributed by atoms with Gasteiger partial charge in [-0.05, 0) is 43.5 Å². The van der Waals surface area contributed by atoms with Crippen molar-refractivity contribution in [2.45, 2.75) is 37.6 Å². The van der Waals surface area contributed by atoms with Crippen molar-refractivity contribution < 1.29 is 22.7 Å². The number of amides is 1. The number of aromatic nitrogens is 1. The summed E-state index contributed by atoms with van der Waals surface area (Å²) < 4.78 is 37.7. The van der Waals surface area contributed by atoms with Gasteiger partial charge in [0.05, 0.1) is 13.7 Å². The zero-order chi connectivity index (χ0) is 20.9. The van der Waals surface area contributed by atoms with Crippen molar-refractivity contribution in [3.8, 4) is 11.5 Å². The van der Waals surface area contributed by atoms with Crippen LogP contribution in [0.1, 0.15) is 42.2 Å². The minimum Gasteiger partial charge on any atom is -0.493 e. The van der Waals surface area contributed by atoms with E-state index < -0.39 is 10.0 Å². The van der Waals surface area contributed by atoms with Crippen molar-refractivity contribution >= 4 is 15.9 Å². The van der Waals surface area contributed by atoms with E-state index in [1.165, 1.54) is 16.6 Å². The fourth-order valence-electron chi connectivity index (χ4n) is 3.28. The molecule has 0 unspecified atom stereocenters. The molecule has 0 aliphatic carbocycles. The SMILES string of the molecule is CCOc1ccc(CNC(=O)c2cc(S(=O)(=O)N3CCCCC3)c[nH]2)cc1OC. The number of H-pyrrole nitrogens is 1. The van der Waals surface area contributed by atoms with Gasteiger partial charge in [-0.3, -0.25) is 4.79 Å². The van der Waals surface area contributed by atoms with E-state index in [0.717, 1.165) is 24.8 Å². The van der Waals surface area contributed by atoms with Gasteiger partial charge in [-0.1, -0.05) is 12.5 Å². The van der Waals surface area contributed by atoms with Crippen LogP contribution in [0.3, 0.4) is 0 Å². The lowest BCUT2D eigenvalue weighted by molar-refractivity contribution is 0.0946. The summed E-state index contributed by atoms with van der Waals surface area (Å²) in [6.07, 6.45) is 4.15. The summed E-state index contributed by atoms with van der Waals surface area (Å²) in [5.41, 5.74) is 1.05. The van der Waals surface area contributed by atoms with Crippen molar-refractivity contribution in [2.24, 2.45) is 0 Å². The number of hydrogen-bond acceptors (Lipinski definition) is 5. The average molecular weight is 422 g/mol. The zero-order valence-electron chi connectivity index (χ0n) is 16.7. The number of sulfonamides is 1. The molecule has 2 N–H and O–H groups in total. The molecule has 158 valence electrons. The molecule has 1 aliphatic heterocycles. The molecular formula is C20H27N3O5S. The van der Waals surface area contributed by atoms with Crippen LogP contribution in [0, 0.1) is 0 Å². The lowest BCUT2D eigenvalue weighted by atomic mass is 10.2. The fourth-order valence-corrected chi connectivity index (χ4v) is 4.79. The van der Waals surface area contributed by atoms with Gasteiger partial charge in [0, 0.05) is 25.8 Å². The average Bonchev–Trinajstić information content (AvgIpc) is 3.25. The summed E-state index contributed by atoms with van der Waals surface area (Å²) in [6, 6.07) is 6.82. The Morgan fingerprint density at radius 3 is 2.62 bits per heavy atom. The normalized spacial score (nSPS) is 15.1. The molecule has 1 fully saturated rings. The standard InChI is InChI=1S/C20H27N3O5S/c1-3-28-18-8-7-15(11-19(18)27-2)13-22-20(24)17-12-16(14-21-17)29(25,26)23-9-5-4-6-10-23/h7-8,11-12,14,21H,3-6,9-10,13H2,1-2H3,(H,22,24). The number of rotatable bonds is 8. The Balaban J connectivity index is 1.65. The molecule has 2 heterocycles. The van der Waals surface area contributed by atoms with E-state index in [-0.39, 0.29) is 23.0 Å². The summed E-state index contributed by atoms with van der Waals surface area (Å²) in [5, 5.41) is 2.79. The van der Waals surface area contributed by atoms with Crippen LogP contribution in [0.2, 0.25) is 0 Å². The van der Waals surface area contributed by atoms with Gasteiger partial charge >= 0.3 is 0 Å². The van der Waals surface area contributed by atoms with Crippen LogP contribution in [-0.4, -0.2) is 50.4 Å². The topological polar surface area (TPSA) is 101 Å². The third-order valence-electron chi connectivity index (χ3n) is 4.83. The molecule has 1 aromatic carbocycles. The third kappa shape index (κ3) is 4.91. The van der Waals surface area contributed by atoms with E-state index in [2.05, 4.69) is 10.3 Å². The smallest absolute Gasteiger partial charge is 0.268 e. The van der Waals surface area contributed by atoms with E-state index >= 15 is 0 Å². The second kappa shape index (κ2) is 9.32. The largest absolute Gasteiger partial charge is 0.493 e. The molecule has 0 radical (unpaired) electrons. The first-order chi connectivity index (χ1) is 14.0. The Morgan fingerprint density at radius 1 is 1.17 bits per heavy atom. The summed E-state index contributed by atoms with van der Waals surface area (Å²) in [7, 11) is -2.01. The van der Waals surface area contributed by atoms with E-state index in [0.29, 0.717) is 31.2 Å². The van der Waals surface area contributed by atoms with E-state index in [1.54, 1.807) is 19.2 Å². The maximum atomic E-state index is 12.7. The maximum Gasteiger partial charge on any atom is 0.268 e. The van der Waals surface area contributed by atoms with Crippen molar-refractivity contribution in [1.82, 2.24) is 14.6 Å². The summed E-state index contributed by atoms with van der Waals surface area (Å²) in [5.74, 6) is 0.855. The second-order valence-corrected chi connectivity index (χ2v) is 8.75. The number of hydrogen-bond donors (Lipinski definition) is 2. The quantitative estimate of drug-likeness (QED) is 0.682. The highest BCUT2D eigenvalue weighted by Crippen LogP contribution is 2.28. The second-order valence-electron chi connectivity index (χ2n) is 6.81. The van der Waals surface area contributed by atoms with Crippen LogP contribution < -0.4 is 14.8 Å². The van der Waals surface area contributed by atoms with Crippen LogP contribution in [0.15, 0.2) is 35.4 Å². The van der Waals surface area contributed by atoms with Crippen molar-refractivity contribution in [3.63, 3.8) is 0 Å². The van der Waals surface area contributed by atoms with E-state index in [9.17, 15) is 13.2 Å². The summed E-state index contributed by atoms with van der Waals surface area (Å²) in [4.78, 5) is 15.3. The first-order valence-corrected chi connectivity index (χ1v) is 11.2. The highest BCUT2D eigenvalue weighted by molar-refractivity contribution is 7.89. The van der Waals surface area contributed by atoms with Gasteiger partial charge in [-0.25, -0.2) is 8.42 Å². The molecule has 1 aromatic heterocycles. The predicted molar refractivity (Wildman–Crippen MR) is 109 cm³/mol. The fraction of sp³-hybridized carbons (Fsp3) is 0.450. The Morgan fingerprint density at radius 2 is 1.93 bits per heavy atom. The molecule has 29 heavy (non-hydrogen) atoms. The van der Waals surface area contributed by atoms with Crippen LogP contribution >= 0.6 is 0 Å². The van der Waals surface area contributed by atoms with Gasteiger partial charge in [-0.15, -0.1) is 0 Å². The van der Waals surface area contributed by atoms with Gasteiger partial charge in [-0.2, -0.15) is 4.31 Å². The molecule has 8 nitrogen and oxygen atoms in total. The Labute approximate surface area is 171 Å². The lowest BCUT2D eigenvalue weighted by Gasteiger charge is -2.25. The molecule has 3 rings (SSSR count). The number of carbonyl (C=O) groups is 1. The Kier molecular flexibility index (Phi) is 6.81. The van der Waals surface area contributed by atoms with Crippen LogP contribution in [0.25, 0.3) is 0 Å². The molecule has 2 aromatic rings. The number of piperidine rings is 1. The molecule has 0 saturated carbocycles. The number of benzene rings is 1. The molecule has 0 atom stereocenters. The lowest BCUT2D eigenvalue weighted by Crippen LogP contribution is -2.35. The molecule has 0 bridgehead atoms. The van der Waals surface area contributed by atoms with Gasteiger partial charge in [0.2, 0.25) is 10.0 Å². The highest BCUT2D eigenvalue weighted by atomic mass is 32.2. The number of nitrogens with zero attached hydrogens (tertiary/aromatic N) is 1. The molecule has 1 aliphatic rings. The number of ether oxygens (including phenoxy) is 2. The monoisotopic (exact) mass is 421 g/mol. The minimum atomic E-state index is -3.57. The van der Waals surface area contributed by atoms with Crippen LogP contribution in [0.4, 0.5) is 0 Å². The highest BCUT2D eigenvalue weighted by Gasteiger charge is 2.27. The third-order valence-corrected chi connectivity index (χ3v) is 6.71. The molecule has 0 spiro atoms. The first kappa shape index (κ1) is 21.2. The maximum absolute atomic E-state index is 12.7. The Hall–Kier alpha value is -2.52. The molecule has 1 saturated heterocycles.